The van der Waals surface area contributed by atoms with Gasteiger partial charge in [-0.2, -0.15) is 0 Å². The SMILES string of the molecule is CCCCNC(=O)[C@@H](CC)N(Cc1ccccc1C)C(=O)CCCN1C(=O)c2cccc3cccc1c23. The van der Waals surface area contributed by atoms with E-state index < -0.39 is 6.04 Å². The van der Waals surface area contributed by atoms with Gasteiger partial charge in [-0.25, -0.2) is 0 Å². The fourth-order valence-corrected chi connectivity index (χ4v) is 5.13. The molecule has 3 aromatic rings. The normalized spacial score (nSPS) is 13.2. The van der Waals surface area contributed by atoms with Gasteiger partial charge in [-0.15, -0.1) is 0 Å². The standard InChI is InChI=1S/C31H37N3O3/c1-4-6-19-32-30(36)26(5-2)34(21-24-13-8-7-12-22(24)3)28(35)18-11-20-33-27-17-10-15-23-14-9-16-25(29(23)27)31(33)37/h7-10,12-17,26H,4-6,11,18-21H2,1-3H3,(H,32,36)/t26-/m1/s1. The zero-order valence-corrected chi connectivity index (χ0v) is 22.1. The van der Waals surface area contributed by atoms with Gasteiger partial charge in [-0.3, -0.25) is 14.4 Å². The average Bonchev–Trinajstić information content (AvgIpc) is 3.18. The molecule has 0 aliphatic carbocycles. The highest BCUT2D eigenvalue weighted by molar-refractivity contribution is 6.25. The second-order valence-corrected chi connectivity index (χ2v) is 9.76. The van der Waals surface area contributed by atoms with Crippen LogP contribution in [0.4, 0.5) is 5.69 Å². The minimum Gasteiger partial charge on any atom is -0.354 e. The lowest BCUT2D eigenvalue weighted by Gasteiger charge is -2.31. The summed E-state index contributed by atoms with van der Waals surface area (Å²) in [5.41, 5.74) is 3.75. The van der Waals surface area contributed by atoms with Gasteiger partial charge in [-0.1, -0.05) is 68.8 Å². The number of hydrogen-bond donors (Lipinski definition) is 1. The summed E-state index contributed by atoms with van der Waals surface area (Å²) in [5.74, 6) is -0.185. The van der Waals surface area contributed by atoms with Crippen LogP contribution in [-0.2, 0) is 16.1 Å². The van der Waals surface area contributed by atoms with Gasteiger partial charge in [0.15, 0.2) is 0 Å². The third-order valence-corrected chi connectivity index (χ3v) is 7.24. The van der Waals surface area contributed by atoms with Crippen LogP contribution in [0.2, 0.25) is 0 Å². The molecule has 0 unspecified atom stereocenters. The minimum absolute atomic E-state index is 0.0160. The third-order valence-electron chi connectivity index (χ3n) is 7.24. The quantitative estimate of drug-likeness (QED) is 0.329. The molecule has 3 aromatic carbocycles. The van der Waals surface area contributed by atoms with Crippen LogP contribution in [0.25, 0.3) is 10.8 Å². The van der Waals surface area contributed by atoms with E-state index in [4.69, 9.17) is 0 Å². The number of carbonyl (C=O) groups excluding carboxylic acids is 3. The molecule has 37 heavy (non-hydrogen) atoms. The Hall–Kier alpha value is -3.67. The Morgan fingerprint density at radius 1 is 0.973 bits per heavy atom. The van der Waals surface area contributed by atoms with E-state index >= 15 is 0 Å². The summed E-state index contributed by atoms with van der Waals surface area (Å²) in [6.45, 7) is 7.51. The van der Waals surface area contributed by atoms with E-state index in [-0.39, 0.29) is 24.1 Å². The summed E-state index contributed by atoms with van der Waals surface area (Å²) in [4.78, 5) is 43.3. The molecule has 0 aromatic heterocycles. The summed E-state index contributed by atoms with van der Waals surface area (Å²) in [6, 6.07) is 19.2. The zero-order valence-electron chi connectivity index (χ0n) is 22.1. The van der Waals surface area contributed by atoms with Gasteiger partial charge < -0.3 is 15.1 Å². The Kier molecular flexibility index (Phi) is 8.59. The molecule has 3 amide bonds. The fraction of sp³-hybridized carbons (Fsp3) is 0.387. The van der Waals surface area contributed by atoms with Crippen molar-refractivity contribution < 1.29 is 14.4 Å². The molecule has 1 heterocycles. The van der Waals surface area contributed by atoms with Gasteiger partial charge in [-0.05, 0) is 54.8 Å². The highest BCUT2D eigenvalue weighted by atomic mass is 16.2. The lowest BCUT2D eigenvalue weighted by molar-refractivity contribution is -0.141. The Bertz CT molecular complexity index is 1280. The highest BCUT2D eigenvalue weighted by Crippen LogP contribution is 2.37. The van der Waals surface area contributed by atoms with Crippen molar-refractivity contribution in [3.05, 3.63) is 77.4 Å². The molecule has 4 rings (SSSR count). The molecule has 0 saturated heterocycles. The van der Waals surface area contributed by atoms with Crippen molar-refractivity contribution >= 4 is 34.2 Å². The van der Waals surface area contributed by atoms with Crippen LogP contribution in [-0.4, -0.2) is 41.8 Å². The smallest absolute Gasteiger partial charge is 0.258 e. The number of nitrogens with one attached hydrogen (secondary N) is 1. The van der Waals surface area contributed by atoms with Gasteiger partial charge in [0.2, 0.25) is 11.8 Å². The Morgan fingerprint density at radius 3 is 2.46 bits per heavy atom. The molecule has 0 saturated carbocycles. The number of nitrogens with zero attached hydrogens (tertiary/aromatic N) is 2. The number of hydrogen-bond acceptors (Lipinski definition) is 3. The Labute approximate surface area is 219 Å². The first-order valence-electron chi connectivity index (χ1n) is 13.4. The average molecular weight is 500 g/mol. The number of benzene rings is 3. The van der Waals surface area contributed by atoms with E-state index in [9.17, 15) is 14.4 Å². The van der Waals surface area contributed by atoms with Gasteiger partial charge in [0.05, 0.1) is 5.69 Å². The maximum atomic E-state index is 13.6. The minimum atomic E-state index is -0.532. The predicted octanol–water partition coefficient (Wildman–Crippen LogP) is 5.61. The first kappa shape index (κ1) is 26.4. The maximum absolute atomic E-state index is 13.6. The third kappa shape index (κ3) is 5.68. The summed E-state index contributed by atoms with van der Waals surface area (Å²) in [6.07, 6.45) is 3.23. The van der Waals surface area contributed by atoms with Crippen molar-refractivity contribution in [3.63, 3.8) is 0 Å². The molecule has 0 bridgehead atoms. The molecule has 6 heteroatoms. The van der Waals surface area contributed by atoms with Gasteiger partial charge in [0.25, 0.3) is 5.91 Å². The van der Waals surface area contributed by atoms with Crippen molar-refractivity contribution in [2.24, 2.45) is 0 Å². The van der Waals surface area contributed by atoms with E-state index in [0.29, 0.717) is 32.5 Å². The molecule has 1 N–H and O–H groups in total. The Morgan fingerprint density at radius 2 is 1.73 bits per heavy atom. The van der Waals surface area contributed by atoms with Crippen molar-refractivity contribution in [2.45, 2.75) is 65.5 Å². The monoisotopic (exact) mass is 499 g/mol. The topological polar surface area (TPSA) is 69.7 Å². The number of amides is 3. The molecule has 6 nitrogen and oxygen atoms in total. The molecule has 0 radical (unpaired) electrons. The number of carbonyl (C=O) groups is 3. The zero-order chi connectivity index (χ0) is 26.4. The van der Waals surface area contributed by atoms with Crippen LogP contribution in [0.3, 0.4) is 0 Å². The summed E-state index contributed by atoms with van der Waals surface area (Å²) >= 11 is 0. The number of anilines is 1. The fourth-order valence-electron chi connectivity index (χ4n) is 5.13. The molecule has 194 valence electrons. The van der Waals surface area contributed by atoms with Crippen LogP contribution in [0, 0.1) is 6.92 Å². The summed E-state index contributed by atoms with van der Waals surface area (Å²) < 4.78 is 0. The van der Waals surface area contributed by atoms with E-state index in [1.165, 1.54) is 0 Å². The number of aryl methyl sites for hydroxylation is 1. The van der Waals surface area contributed by atoms with Crippen LogP contribution >= 0.6 is 0 Å². The molecular formula is C31H37N3O3. The van der Waals surface area contributed by atoms with E-state index in [1.807, 2.05) is 74.5 Å². The maximum Gasteiger partial charge on any atom is 0.258 e. The largest absolute Gasteiger partial charge is 0.354 e. The second kappa shape index (κ2) is 12.0. The van der Waals surface area contributed by atoms with Gasteiger partial charge >= 0.3 is 0 Å². The van der Waals surface area contributed by atoms with Crippen LogP contribution in [0.5, 0.6) is 0 Å². The lowest BCUT2D eigenvalue weighted by atomic mass is 10.0. The van der Waals surface area contributed by atoms with Crippen molar-refractivity contribution in [1.29, 1.82) is 0 Å². The molecule has 1 aliphatic heterocycles. The number of rotatable bonds is 12. The van der Waals surface area contributed by atoms with Crippen LogP contribution < -0.4 is 10.2 Å². The van der Waals surface area contributed by atoms with Crippen LogP contribution in [0.15, 0.2) is 60.7 Å². The van der Waals surface area contributed by atoms with E-state index in [0.717, 1.165) is 46.0 Å². The van der Waals surface area contributed by atoms with Crippen molar-refractivity contribution in [2.75, 3.05) is 18.0 Å². The van der Waals surface area contributed by atoms with Crippen molar-refractivity contribution in [3.8, 4) is 0 Å². The molecular weight excluding hydrogens is 462 g/mol. The first-order valence-corrected chi connectivity index (χ1v) is 13.4. The van der Waals surface area contributed by atoms with Gasteiger partial charge in [0.1, 0.15) is 6.04 Å². The first-order chi connectivity index (χ1) is 18.0. The van der Waals surface area contributed by atoms with E-state index in [2.05, 4.69) is 12.2 Å². The predicted molar refractivity (Wildman–Crippen MR) is 149 cm³/mol. The second-order valence-electron chi connectivity index (χ2n) is 9.76. The molecule has 0 fully saturated rings. The molecule has 0 spiro atoms. The summed E-state index contributed by atoms with van der Waals surface area (Å²) in [7, 11) is 0. The number of unbranched alkanes of at least 4 members (excludes halogenated alkanes) is 1. The van der Waals surface area contributed by atoms with Crippen molar-refractivity contribution in [1.82, 2.24) is 10.2 Å². The highest BCUT2D eigenvalue weighted by Gasteiger charge is 2.31. The van der Waals surface area contributed by atoms with E-state index in [1.54, 1.807) is 9.80 Å². The van der Waals surface area contributed by atoms with Gasteiger partial charge in [0, 0.05) is 37.0 Å². The molecule has 1 aliphatic rings. The van der Waals surface area contributed by atoms with Crippen LogP contribution in [0.1, 0.15) is 67.4 Å². The Balaban J connectivity index is 1.48. The summed E-state index contributed by atoms with van der Waals surface area (Å²) in [5, 5.41) is 5.04. The lowest BCUT2D eigenvalue weighted by Crippen LogP contribution is -2.49. The molecule has 1 atom stereocenters.